The Balaban J connectivity index is 0.982. The largest absolute Gasteiger partial charge is 0.440 e. The number of oxazole rings is 1. The topological polar surface area (TPSA) is 94.5 Å². The van der Waals surface area contributed by atoms with Crippen LogP contribution in [-0.4, -0.2) is 46.5 Å². The highest BCUT2D eigenvalue weighted by Gasteiger charge is 2.73. The maximum Gasteiger partial charge on any atom is 0.233 e. The van der Waals surface area contributed by atoms with Gasteiger partial charge in [-0.1, -0.05) is 17.3 Å². The molecule has 7 saturated carbocycles. The third-order valence-electron chi connectivity index (χ3n) is 11.9. The third kappa shape index (κ3) is 4.24. The summed E-state index contributed by atoms with van der Waals surface area (Å²) in [5.41, 5.74) is 0.117. The van der Waals surface area contributed by atoms with E-state index >= 15 is 0 Å². The van der Waals surface area contributed by atoms with Gasteiger partial charge in [0.25, 0.3) is 0 Å². The summed E-state index contributed by atoms with van der Waals surface area (Å²) < 4.78 is 32.2. The smallest absolute Gasteiger partial charge is 0.233 e. The van der Waals surface area contributed by atoms with Crippen LogP contribution in [0.4, 0.5) is 10.1 Å². The molecule has 8 fully saturated rings. The highest BCUT2D eigenvalue weighted by molar-refractivity contribution is 6.00. The van der Waals surface area contributed by atoms with E-state index in [1.54, 1.807) is 6.20 Å². The lowest BCUT2D eigenvalue weighted by Gasteiger charge is -2.65. The molecule has 11 rings (SSSR count). The van der Waals surface area contributed by atoms with Crippen molar-refractivity contribution in [2.45, 2.75) is 106 Å². The van der Waals surface area contributed by atoms with Crippen LogP contribution in [-0.2, 0) is 14.9 Å². The molecule has 1 amide bonds. The van der Waals surface area contributed by atoms with Crippen LogP contribution >= 0.6 is 0 Å². The number of hydrogen-bond donors (Lipinski definition) is 0. The van der Waals surface area contributed by atoms with Gasteiger partial charge >= 0.3 is 0 Å². The Morgan fingerprint density at radius 2 is 1.72 bits per heavy atom. The molecule has 3 heterocycles. The van der Waals surface area contributed by atoms with E-state index in [4.69, 9.17) is 18.7 Å². The number of benzene rings is 1. The first-order valence-corrected chi connectivity index (χ1v) is 16.3. The van der Waals surface area contributed by atoms with E-state index in [1.165, 1.54) is 12.8 Å². The zero-order chi connectivity index (χ0) is 28.9. The Kier molecular flexibility index (Phi) is 5.65. The number of hydrogen-bond acceptors (Lipinski definition) is 7. The van der Waals surface area contributed by atoms with E-state index in [-0.39, 0.29) is 22.7 Å². The first kappa shape index (κ1) is 26.3. The van der Waals surface area contributed by atoms with Crippen molar-refractivity contribution in [1.29, 1.82) is 0 Å². The number of carbonyl (C=O) groups is 1. The average Bonchev–Trinajstić information content (AvgIpc) is 3.52. The van der Waals surface area contributed by atoms with Crippen LogP contribution < -0.4 is 4.90 Å². The summed E-state index contributed by atoms with van der Waals surface area (Å²) >= 11 is 0. The number of anilines is 1. The monoisotopic (exact) mass is 586 g/mol. The number of aromatic nitrogens is 3. The fraction of sp³-hybridized carbons (Fsp3) is 0.647. The Hall–Kier alpha value is -3.07. The van der Waals surface area contributed by atoms with E-state index in [1.807, 2.05) is 23.1 Å². The van der Waals surface area contributed by atoms with Crippen molar-refractivity contribution < 1.29 is 22.9 Å². The molecule has 0 unspecified atom stereocenters. The fourth-order valence-electron chi connectivity index (χ4n) is 8.95. The number of alkyl halides is 1. The van der Waals surface area contributed by atoms with Gasteiger partial charge in [0.1, 0.15) is 5.67 Å². The normalized spacial score (nSPS) is 34.9. The van der Waals surface area contributed by atoms with Gasteiger partial charge in [-0.15, -0.1) is 0 Å². The SMILES string of the molecule is O=C(N(CC12CCC(c3nc(C4CC4)no3)(CC1)CC2)c1cccc(-c2cnc(C3CCOCC3)o2)c1)C12CC(F)(C1)C2. The molecule has 1 aliphatic heterocycles. The van der Waals surface area contributed by atoms with Gasteiger partial charge in [0.15, 0.2) is 17.5 Å². The molecule has 8 aliphatic rings. The van der Waals surface area contributed by atoms with E-state index in [2.05, 4.69) is 16.2 Å². The zero-order valence-electron chi connectivity index (χ0n) is 24.7. The van der Waals surface area contributed by atoms with Gasteiger partial charge in [-0.05, 0) is 101 Å². The molecular formula is C34H39FN4O4. The van der Waals surface area contributed by atoms with E-state index in [0.717, 1.165) is 93.4 Å². The second kappa shape index (κ2) is 9.22. The van der Waals surface area contributed by atoms with E-state index in [0.29, 0.717) is 37.5 Å². The van der Waals surface area contributed by atoms with Crippen molar-refractivity contribution >= 4 is 11.6 Å². The van der Waals surface area contributed by atoms with Crippen LogP contribution in [0.1, 0.15) is 113 Å². The van der Waals surface area contributed by atoms with Gasteiger partial charge in [0.05, 0.1) is 11.6 Å². The molecule has 4 bridgehead atoms. The van der Waals surface area contributed by atoms with Crippen molar-refractivity contribution in [2.75, 3.05) is 24.7 Å². The molecular weight excluding hydrogens is 547 g/mol. The maximum absolute atomic E-state index is 14.6. The van der Waals surface area contributed by atoms with Gasteiger partial charge in [-0.3, -0.25) is 4.79 Å². The van der Waals surface area contributed by atoms with Crippen LogP contribution in [0.15, 0.2) is 39.4 Å². The number of fused-ring (bicyclic) bond motifs is 3. The zero-order valence-corrected chi connectivity index (χ0v) is 24.7. The van der Waals surface area contributed by atoms with Crippen LogP contribution in [0.2, 0.25) is 0 Å². The summed E-state index contributed by atoms with van der Waals surface area (Å²) in [6.07, 6.45) is 13.1. The number of amides is 1. The van der Waals surface area contributed by atoms with Gasteiger partial charge < -0.3 is 18.6 Å². The molecule has 9 heteroatoms. The molecule has 2 aromatic heterocycles. The predicted molar refractivity (Wildman–Crippen MR) is 155 cm³/mol. The summed E-state index contributed by atoms with van der Waals surface area (Å²) in [4.78, 5) is 25.7. The molecule has 1 saturated heterocycles. The highest BCUT2D eigenvalue weighted by Crippen LogP contribution is 2.70. The molecule has 0 radical (unpaired) electrons. The van der Waals surface area contributed by atoms with Crippen molar-refractivity contribution in [3.8, 4) is 11.3 Å². The minimum Gasteiger partial charge on any atom is -0.440 e. The number of carbonyl (C=O) groups excluding carboxylic acids is 1. The summed E-state index contributed by atoms with van der Waals surface area (Å²) in [5.74, 6) is 4.05. The Morgan fingerprint density at radius 1 is 0.977 bits per heavy atom. The van der Waals surface area contributed by atoms with Crippen molar-refractivity contribution in [2.24, 2.45) is 10.8 Å². The van der Waals surface area contributed by atoms with Crippen molar-refractivity contribution in [1.82, 2.24) is 15.1 Å². The van der Waals surface area contributed by atoms with Crippen molar-refractivity contribution in [3.05, 3.63) is 48.1 Å². The quantitative estimate of drug-likeness (QED) is 0.280. The van der Waals surface area contributed by atoms with Crippen LogP contribution in [0.5, 0.6) is 0 Å². The number of ether oxygens (including phenoxy) is 1. The number of rotatable bonds is 8. The first-order chi connectivity index (χ1) is 20.9. The lowest BCUT2D eigenvalue weighted by molar-refractivity contribution is -0.211. The van der Waals surface area contributed by atoms with Gasteiger partial charge in [-0.2, -0.15) is 4.98 Å². The summed E-state index contributed by atoms with van der Waals surface area (Å²) in [6, 6.07) is 8.11. The van der Waals surface area contributed by atoms with Crippen LogP contribution in [0, 0.1) is 10.8 Å². The average molecular weight is 587 g/mol. The maximum atomic E-state index is 14.6. The summed E-state index contributed by atoms with van der Waals surface area (Å²) in [5, 5.41) is 4.32. The number of halogens is 1. The molecule has 0 atom stereocenters. The van der Waals surface area contributed by atoms with Crippen molar-refractivity contribution in [3.63, 3.8) is 0 Å². The second-order valence-electron chi connectivity index (χ2n) is 14.9. The Labute approximate surface area is 250 Å². The molecule has 8 nitrogen and oxygen atoms in total. The Bertz CT molecular complexity index is 1520. The highest BCUT2D eigenvalue weighted by atomic mass is 19.1. The van der Waals surface area contributed by atoms with Crippen LogP contribution in [0.25, 0.3) is 11.3 Å². The van der Waals surface area contributed by atoms with Crippen LogP contribution in [0.3, 0.4) is 0 Å². The molecule has 0 N–H and O–H groups in total. The molecule has 3 aromatic rings. The second-order valence-corrected chi connectivity index (χ2v) is 14.9. The van der Waals surface area contributed by atoms with Gasteiger partial charge in [0.2, 0.25) is 11.8 Å². The Morgan fingerprint density at radius 3 is 2.42 bits per heavy atom. The third-order valence-corrected chi connectivity index (χ3v) is 11.9. The molecule has 7 aliphatic carbocycles. The molecule has 0 spiro atoms. The van der Waals surface area contributed by atoms with E-state index in [9.17, 15) is 9.18 Å². The minimum absolute atomic E-state index is 0.0282. The predicted octanol–water partition coefficient (Wildman–Crippen LogP) is 7.01. The minimum atomic E-state index is -1.12. The first-order valence-electron chi connectivity index (χ1n) is 16.3. The summed E-state index contributed by atoms with van der Waals surface area (Å²) in [7, 11) is 0. The van der Waals surface area contributed by atoms with E-state index < -0.39 is 11.1 Å². The molecule has 43 heavy (non-hydrogen) atoms. The fourth-order valence-corrected chi connectivity index (χ4v) is 8.95. The summed E-state index contributed by atoms with van der Waals surface area (Å²) in [6.45, 7) is 2.12. The lowest BCUT2D eigenvalue weighted by Crippen LogP contribution is -2.71. The standard InChI is InChI=1S/C34H39FN4O4/c35-34-18-33(19-34,20-34)30(40)39(25-3-1-2-24(16-25)26-17-36-28(42-26)23-6-14-41-15-7-23)21-31-8-11-32(12-9-31,13-10-31)29-37-27(38-43-29)22-4-5-22/h1-3,16-17,22-23H,4-15,18-21H2. The lowest BCUT2D eigenvalue weighted by atomic mass is 9.41. The van der Waals surface area contributed by atoms with Gasteiger partial charge in [0, 0.05) is 48.3 Å². The molecule has 1 aromatic carbocycles. The number of nitrogens with zero attached hydrogens (tertiary/aromatic N) is 4. The molecule has 226 valence electrons. The van der Waals surface area contributed by atoms with Gasteiger partial charge in [-0.25, -0.2) is 9.37 Å².